The van der Waals surface area contributed by atoms with Crippen LogP contribution in [0.5, 0.6) is 35.3 Å². The van der Waals surface area contributed by atoms with Gasteiger partial charge in [0.15, 0.2) is 17.2 Å². The second-order valence-electron chi connectivity index (χ2n) is 6.58. The van der Waals surface area contributed by atoms with E-state index >= 15 is 0 Å². The maximum absolute atomic E-state index is 6.21. The highest BCUT2D eigenvalue weighted by molar-refractivity contribution is 6.41. The van der Waals surface area contributed by atoms with Crippen LogP contribution in [-0.2, 0) is 0 Å². The summed E-state index contributed by atoms with van der Waals surface area (Å²) in [6.45, 7) is 0. The van der Waals surface area contributed by atoms with Crippen molar-refractivity contribution in [3.63, 3.8) is 0 Å². The summed E-state index contributed by atoms with van der Waals surface area (Å²) in [5.74, 6) is 0.0304. The van der Waals surface area contributed by atoms with Crippen LogP contribution >= 0.6 is 104 Å². The normalized spacial score (nSPS) is 10.9. The Morgan fingerprint density at radius 3 is 0.750 bits per heavy atom. The van der Waals surface area contributed by atoms with Crippen molar-refractivity contribution < 1.29 is 14.2 Å². The first-order chi connectivity index (χ1) is 17.0. The second-order valence-corrected chi connectivity index (χ2v) is 10.3. The summed E-state index contributed by atoms with van der Waals surface area (Å²) in [4.78, 5) is 12.3. The maximum Gasteiger partial charge on any atom is 0.331 e. The molecule has 6 nitrogen and oxygen atoms in total. The van der Waals surface area contributed by atoms with Crippen LogP contribution in [0.1, 0.15) is 0 Å². The van der Waals surface area contributed by atoms with Crippen molar-refractivity contribution in [2.24, 2.45) is 0 Å². The molecule has 0 aliphatic rings. The van der Waals surface area contributed by atoms with E-state index in [1.807, 2.05) is 0 Å². The molecule has 0 aliphatic heterocycles. The Bertz CT molecular complexity index is 1230. The fourth-order valence-electron chi connectivity index (χ4n) is 2.61. The number of rotatable bonds is 6. The van der Waals surface area contributed by atoms with Gasteiger partial charge in [0.25, 0.3) is 0 Å². The van der Waals surface area contributed by atoms with Gasteiger partial charge >= 0.3 is 18.0 Å². The van der Waals surface area contributed by atoms with Gasteiger partial charge in [-0.15, -0.1) is 15.0 Å². The molecule has 0 N–H and O–H groups in total. The van der Waals surface area contributed by atoms with Crippen LogP contribution in [-0.4, -0.2) is 15.0 Å². The monoisotopic (exact) mass is 663 g/mol. The summed E-state index contributed by atoms with van der Waals surface area (Å²) in [5, 5.41) is 1.41. The number of hydrogen-bond donors (Lipinski definition) is 0. The zero-order valence-electron chi connectivity index (χ0n) is 16.9. The Morgan fingerprint density at radius 2 is 0.556 bits per heavy atom. The molecule has 1 heterocycles. The molecule has 15 heteroatoms. The quantitative estimate of drug-likeness (QED) is 0.204. The molecule has 4 aromatic rings. The molecule has 0 bridgehead atoms. The molecule has 0 unspecified atom stereocenters. The third kappa shape index (κ3) is 6.57. The van der Waals surface area contributed by atoms with Gasteiger partial charge in [-0.3, -0.25) is 0 Å². The summed E-state index contributed by atoms with van der Waals surface area (Å²) in [6, 6.07) is 7.51. The molecule has 0 saturated heterocycles. The van der Waals surface area contributed by atoms with E-state index < -0.39 is 0 Å². The average molecular weight is 667 g/mol. The topological polar surface area (TPSA) is 66.4 Å². The van der Waals surface area contributed by atoms with E-state index in [1.165, 1.54) is 36.4 Å². The van der Waals surface area contributed by atoms with Crippen molar-refractivity contribution >= 4 is 104 Å². The average Bonchev–Trinajstić information content (AvgIpc) is 2.76. The maximum atomic E-state index is 6.21. The third-order valence-electron chi connectivity index (χ3n) is 4.04. The molecule has 0 radical (unpaired) electrons. The fraction of sp³-hybridized carbons (Fsp3) is 0. The van der Waals surface area contributed by atoms with Crippen LogP contribution in [0.4, 0.5) is 0 Å². The SMILES string of the molecule is Clc1cc(Cl)c(Oc2nc(Oc3c(Cl)cc(Cl)cc3Cl)nc(Oc3c(Cl)cc(Cl)cc3Cl)n2)c(Cl)c1. The Labute approximate surface area is 248 Å². The minimum Gasteiger partial charge on any atom is -0.421 e. The van der Waals surface area contributed by atoms with E-state index in [0.29, 0.717) is 15.1 Å². The first kappa shape index (κ1) is 27.7. The molecular formula is C21H6Cl9N3O3. The van der Waals surface area contributed by atoms with E-state index in [-0.39, 0.29) is 65.4 Å². The molecule has 0 aliphatic carbocycles. The summed E-state index contributed by atoms with van der Waals surface area (Å²) in [7, 11) is 0. The van der Waals surface area contributed by atoms with Gasteiger partial charge in [0.05, 0.1) is 30.1 Å². The van der Waals surface area contributed by atoms with E-state index in [0.717, 1.165) is 0 Å². The number of benzene rings is 3. The highest BCUT2D eigenvalue weighted by atomic mass is 35.5. The van der Waals surface area contributed by atoms with E-state index in [2.05, 4.69) is 15.0 Å². The first-order valence-electron chi connectivity index (χ1n) is 9.23. The Balaban J connectivity index is 1.79. The van der Waals surface area contributed by atoms with Crippen LogP contribution in [0.15, 0.2) is 36.4 Å². The molecule has 4 rings (SSSR count). The molecule has 186 valence electrons. The second kappa shape index (κ2) is 11.6. The number of aromatic nitrogens is 3. The molecule has 1 aromatic heterocycles. The van der Waals surface area contributed by atoms with Crippen LogP contribution in [0.2, 0.25) is 45.2 Å². The van der Waals surface area contributed by atoms with Crippen LogP contribution in [0.25, 0.3) is 0 Å². The van der Waals surface area contributed by atoms with Crippen LogP contribution < -0.4 is 14.2 Å². The van der Waals surface area contributed by atoms with Crippen molar-refractivity contribution in [3.8, 4) is 35.3 Å². The van der Waals surface area contributed by atoms with E-state index in [1.54, 1.807) is 0 Å². The third-order valence-corrected chi connectivity index (χ3v) is 6.38. The summed E-state index contributed by atoms with van der Waals surface area (Å²) >= 11 is 55.2. The van der Waals surface area contributed by atoms with Crippen LogP contribution in [0, 0.1) is 0 Å². The highest BCUT2D eigenvalue weighted by Gasteiger charge is 2.20. The predicted molar refractivity (Wildman–Crippen MR) is 144 cm³/mol. The molecule has 0 amide bonds. The van der Waals surface area contributed by atoms with E-state index in [9.17, 15) is 0 Å². The van der Waals surface area contributed by atoms with Gasteiger partial charge in [0, 0.05) is 15.1 Å². The summed E-state index contributed by atoms with van der Waals surface area (Å²) in [5.41, 5.74) is 0. The lowest BCUT2D eigenvalue weighted by atomic mass is 10.3. The van der Waals surface area contributed by atoms with Crippen molar-refractivity contribution in [2.75, 3.05) is 0 Å². The summed E-state index contributed by atoms with van der Waals surface area (Å²) < 4.78 is 17.1. The minimum absolute atomic E-state index is 0.0101. The predicted octanol–water partition coefficient (Wildman–Crippen LogP) is 11.1. The van der Waals surface area contributed by atoms with Crippen LogP contribution in [0.3, 0.4) is 0 Å². The number of hydrogen-bond acceptors (Lipinski definition) is 6. The lowest BCUT2D eigenvalue weighted by Gasteiger charge is -2.13. The largest absolute Gasteiger partial charge is 0.421 e. The zero-order chi connectivity index (χ0) is 26.1. The minimum atomic E-state index is -0.330. The lowest BCUT2D eigenvalue weighted by Crippen LogP contribution is -2.02. The van der Waals surface area contributed by atoms with Gasteiger partial charge in [0.1, 0.15) is 0 Å². The standard InChI is InChI=1S/C21H6Cl9N3O3/c22-7-1-10(25)16(11(26)2-7)34-19-31-20(35-17-12(27)3-8(23)4-13(17)28)33-21(32-19)36-18-14(29)5-9(24)6-15(18)30/h1-6H. The highest BCUT2D eigenvalue weighted by Crippen LogP contribution is 2.42. The van der Waals surface area contributed by atoms with Crippen molar-refractivity contribution in [3.05, 3.63) is 81.6 Å². The summed E-state index contributed by atoms with van der Waals surface area (Å²) in [6.07, 6.45) is 0. The Kier molecular flexibility index (Phi) is 8.93. The molecule has 0 saturated carbocycles. The van der Waals surface area contributed by atoms with Gasteiger partial charge in [-0.2, -0.15) is 0 Å². The Morgan fingerprint density at radius 1 is 0.361 bits per heavy atom. The fourth-order valence-corrected chi connectivity index (χ4v) is 5.29. The molecular weight excluding hydrogens is 661 g/mol. The van der Waals surface area contributed by atoms with Gasteiger partial charge in [0.2, 0.25) is 0 Å². The van der Waals surface area contributed by atoms with Gasteiger partial charge < -0.3 is 14.2 Å². The molecule has 0 fully saturated rings. The zero-order valence-corrected chi connectivity index (χ0v) is 23.7. The molecule has 0 spiro atoms. The van der Waals surface area contributed by atoms with E-state index in [4.69, 9.17) is 119 Å². The number of ether oxygens (including phenoxy) is 3. The smallest absolute Gasteiger partial charge is 0.331 e. The molecule has 3 aromatic carbocycles. The van der Waals surface area contributed by atoms with Crippen molar-refractivity contribution in [1.82, 2.24) is 15.0 Å². The molecule has 0 atom stereocenters. The lowest BCUT2D eigenvalue weighted by molar-refractivity contribution is 0.362. The van der Waals surface area contributed by atoms with Gasteiger partial charge in [-0.25, -0.2) is 0 Å². The molecule has 36 heavy (non-hydrogen) atoms. The Hall–Kier alpha value is -1.32. The first-order valence-corrected chi connectivity index (χ1v) is 12.6. The number of halogens is 9. The van der Waals surface area contributed by atoms with Gasteiger partial charge in [-0.1, -0.05) is 104 Å². The van der Waals surface area contributed by atoms with Crippen molar-refractivity contribution in [2.45, 2.75) is 0 Å². The number of nitrogens with zero attached hydrogens (tertiary/aromatic N) is 3. The van der Waals surface area contributed by atoms with Crippen molar-refractivity contribution in [1.29, 1.82) is 0 Å². The van der Waals surface area contributed by atoms with Gasteiger partial charge in [-0.05, 0) is 36.4 Å².